The minimum Gasteiger partial charge on any atom is -0.493 e. The van der Waals surface area contributed by atoms with Gasteiger partial charge in [0.2, 0.25) is 0 Å². The van der Waals surface area contributed by atoms with Gasteiger partial charge in [-0.15, -0.1) is 0 Å². The molecule has 0 aromatic heterocycles. The number of carboxylic acids is 2. The minimum absolute atomic E-state index is 0.301. The summed E-state index contributed by atoms with van der Waals surface area (Å²) in [5, 5.41) is 18.2. The van der Waals surface area contributed by atoms with E-state index in [4.69, 9.17) is 34.0 Å². The number of methoxy groups -OCH3 is 3. The summed E-state index contributed by atoms with van der Waals surface area (Å²) in [6.45, 7) is 3.51. The molecule has 1 aromatic carbocycles. The van der Waals surface area contributed by atoms with Crippen LogP contribution in [0.25, 0.3) is 0 Å². The van der Waals surface area contributed by atoms with Gasteiger partial charge in [0.25, 0.3) is 0 Å². The van der Waals surface area contributed by atoms with Crippen molar-refractivity contribution in [1.29, 1.82) is 0 Å². The van der Waals surface area contributed by atoms with Crippen LogP contribution in [0.15, 0.2) is 16.6 Å². The van der Waals surface area contributed by atoms with Crippen molar-refractivity contribution in [2.45, 2.75) is 19.5 Å². The van der Waals surface area contributed by atoms with Crippen molar-refractivity contribution in [3.05, 3.63) is 22.2 Å². The molecule has 1 aromatic rings. The summed E-state index contributed by atoms with van der Waals surface area (Å²) in [6.07, 6.45) is 0. The Labute approximate surface area is 148 Å². The third-order valence-corrected chi connectivity index (χ3v) is 3.53. The lowest BCUT2D eigenvalue weighted by Gasteiger charge is -2.15. The zero-order valence-corrected chi connectivity index (χ0v) is 15.5. The van der Waals surface area contributed by atoms with Gasteiger partial charge in [-0.25, -0.2) is 9.59 Å². The number of rotatable bonds is 7. The monoisotopic (exact) mass is 407 g/mol. The van der Waals surface area contributed by atoms with Gasteiger partial charge >= 0.3 is 11.9 Å². The van der Waals surface area contributed by atoms with Crippen LogP contribution < -0.4 is 14.8 Å². The highest BCUT2D eigenvalue weighted by atomic mass is 79.9. The zero-order valence-electron chi connectivity index (χ0n) is 14.0. The molecule has 0 saturated heterocycles. The van der Waals surface area contributed by atoms with Gasteiger partial charge in [0.05, 0.1) is 20.8 Å². The van der Waals surface area contributed by atoms with Crippen LogP contribution in [0.5, 0.6) is 11.5 Å². The van der Waals surface area contributed by atoms with Gasteiger partial charge in [-0.05, 0) is 24.6 Å². The molecular weight excluding hydrogens is 386 g/mol. The maximum Gasteiger partial charge on any atom is 0.414 e. The van der Waals surface area contributed by atoms with Gasteiger partial charge < -0.3 is 29.7 Å². The molecule has 1 atom stereocenters. The third-order valence-electron chi connectivity index (χ3n) is 2.79. The molecule has 24 heavy (non-hydrogen) atoms. The second-order valence-corrected chi connectivity index (χ2v) is 5.50. The van der Waals surface area contributed by atoms with E-state index in [1.165, 1.54) is 0 Å². The molecule has 0 saturated carbocycles. The predicted octanol–water partition coefficient (Wildman–Crippen LogP) is 1.75. The highest BCUT2D eigenvalue weighted by molar-refractivity contribution is 9.10. The summed E-state index contributed by atoms with van der Waals surface area (Å²) in [5.74, 6) is -2.19. The Hall–Kier alpha value is -1.84. The Bertz CT molecular complexity index is 539. The topological polar surface area (TPSA) is 114 Å². The summed E-state index contributed by atoms with van der Waals surface area (Å²) in [5.41, 5.74) is 1.12. The minimum atomic E-state index is -1.82. The molecule has 0 aliphatic heterocycles. The van der Waals surface area contributed by atoms with E-state index < -0.39 is 11.9 Å². The number of ether oxygens (including phenoxy) is 3. The molecule has 0 heterocycles. The average molecular weight is 408 g/mol. The van der Waals surface area contributed by atoms with Crippen molar-refractivity contribution in [2.75, 3.05) is 27.9 Å². The van der Waals surface area contributed by atoms with Gasteiger partial charge in [0.15, 0.2) is 11.5 Å². The van der Waals surface area contributed by atoms with Crippen molar-refractivity contribution < 1.29 is 34.0 Å². The Morgan fingerprint density at radius 3 is 2.04 bits per heavy atom. The van der Waals surface area contributed by atoms with Gasteiger partial charge in [0, 0.05) is 24.2 Å². The second kappa shape index (κ2) is 11.7. The molecule has 136 valence electrons. The number of benzene rings is 1. The molecule has 0 radical (unpaired) electrons. The molecule has 0 bridgehead atoms. The second-order valence-electron chi connectivity index (χ2n) is 4.65. The van der Waals surface area contributed by atoms with Crippen LogP contribution in [0, 0.1) is 0 Å². The number of hydrogen-bond acceptors (Lipinski definition) is 6. The van der Waals surface area contributed by atoms with Crippen molar-refractivity contribution >= 4 is 27.9 Å². The van der Waals surface area contributed by atoms with Crippen LogP contribution in [0.1, 0.15) is 12.5 Å². The van der Waals surface area contributed by atoms with Crippen molar-refractivity contribution in [2.24, 2.45) is 0 Å². The average Bonchev–Trinajstić information content (AvgIpc) is 2.54. The first kappa shape index (κ1) is 22.2. The Balaban J connectivity index is 0.000000754. The Morgan fingerprint density at radius 1 is 1.12 bits per heavy atom. The molecule has 9 heteroatoms. The number of halogens is 1. The van der Waals surface area contributed by atoms with Crippen LogP contribution in [-0.2, 0) is 20.9 Å². The smallest absolute Gasteiger partial charge is 0.414 e. The largest absolute Gasteiger partial charge is 0.493 e. The van der Waals surface area contributed by atoms with E-state index in [0.717, 1.165) is 28.1 Å². The molecule has 1 rings (SSSR count). The molecule has 0 aliphatic carbocycles. The lowest BCUT2D eigenvalue weighted by molar-refractivity contribution is -0.159. The van der Waals surface area contributed by atoms with Crippen LogP contribution in [0.4, 0.5) is 0 Å². The highest BCUT2D eigenvalue weighted by Crippen LogP contribution is 2.33. The van der Waals surface area contributed by atoms with Gasteiger partial charge in [-0.1, -0.05) is 15.9 Å². The maximum atomic E-state index is 9.10. The van der Waals surface area contributed by atoms with E-state index in [1.807, 2.05) is 12.1 Å². The highest BCUT2D eigenvalue weighted by Gasteiger charge is 2.10. The summed E-state index contributed by atoms with van der Waals surface area (Å²) < 4.78 is 16.6. The molecule has 0 fully saturated rings. The molecule has 1 unspecified atom stereocenters. The summed E-state index contributed by atoms with van der Waals surface area (Å²) in [6, 6.07) is 4.18. The first-order valence-electron chi connectivity index (χ1n) is 6.85. The lowest BCUT2D eigenvalue weighted by Crippen LogP contribution is -2.29. The van der Waals surface area contributed by atoms with Gasteiger partial charge in [0.1, 0.15) is 0 Å². The van der Waals surface area contributed by atoms with Crippen LogP contribution in [0.3, 0.4) is 0 Å². The van der Waals surface area contributed by atoms with Gasteiger partial charge in [-0.3, -0.25) is 0 Å². The lowest BCUT2D eigenvalue weighted by atomic mass is 10.2. The molecule has 3 N–H and O–H groups in total. The van der Waals surface area contributed by atoms with Crippen LogP contribution in [-0.4, -0.2) is 56.1 Å². The van der Waals surface area contributed by atoms with Crippen LogP contribution in [0.2, 0.25) is 0 Å². The maximum absolute atomic E-state index is 9.10. The number of hydrogen-bond donors (Lipinski definition) is 3. The molecule has 0 aliphatic rings. The molecule has 0 amide bonds. The van der Waals surface area contributed by atoms with Crippen molar-refractivity contribution in [1.82, 2.24) is 5.32 Å². The quantitative estimate of drug-likeness (QED) is 0.585. The molecule has 0 spiro atoms. The van der Waals surface area contributed by atoms with E-state index in [0.29, 0.717) is 12.6 Å². The summed E-state index contributed by atoms with van der Waals surface area (Å²) in [7, 11) is 4.96. The zero-order chi connectivity index (χ0) is 18.7. The van der Waals surface area contributed by atoms with E-state index in [9.17, 15) is 0 Å². The number of carboxylic acid groups (broad SMARTS) is 2. The number of aliphatic carboxylic acids is 2. The number of carbonyl (C=O) groups is 2. The number of nitrogens with one attached hydrogen (secondary N) is 1. The summed E-state index contributed by atoms with van der Waals surface area (Å²) in [4.78, 5) is 18.2. The first-order valence-corrected chi connectivity index (χ1v) is 7.65. The van der Waals surface area contributed by atoms with Crippen molar-refractivity contribution in [3.8, 4) is 11.5 Å². The van der Waals surface area contributed by atoms with E-state index >= 15 is 0 Å². The Kier molecular flexibility index (Phi) is 10.8. The normalized spacial score (nSPS) is 11.0. The fourth-order valence-electron chi connectivity index (χ4n) is 1.62. The van der Waals surface area contributed by atoms with Crippen molar-refractivity contribution in [3.63, 3.8) is 0 Å². The van der Waals surface area contributed by atoms with E-state index in [2.05, 4.69) is 28.2 Å². The standard InChI is InChI=1S/C13H20BrNO3.C2H2O4/c1-9(8-16-2)15-7-10-5-12(17-3)13(18-4)6-11(10)14;3-1(4)2(5)6/h5-6,9,15H,7-8H2,1-4H3;(H,3,4)(H,5,6). The fraction of sp³-hybridized carbons (Fsp3) is 0.467. The third kappa shape index (κ3) is 8.14. The molecular formula is C15H22BrNO7. The molecule has 8 nitrogen and oxygen atoms in total. The van der Waals surface area contributed by atoms with Crippen LogP contribution >= 0.6 is 15.9 Å². The van der Waals surface area contributed by atoms with E-state index in [-0.39, 0.29) is 0 Å². The SMILES string of the molecule is COCC(C)NCc1cc(OC)c(OC)cc1Br.O=C(O)C(=O)O. The predicted molar refractivity (Wildman–Crippen MR) is 90.7 cm³/mol. The van der Waals surface area contributed by atoms with E-state index in [1.54, 1.807) is 21.3 Å². The summed E-state index contributed by atoms with van der Waals surface area (Å²) >= 11 is 3.53. The van der Waals surface area contributed by atoms with Gasteiger partial charge in [-0.2, -0.15) is 0 Å². The fourth-order valence-corrected chi connectivity index (χ4v) is 2.09. The Morgan fingerprint density at radius 2 is 1.62 bits per heavy atom. The first-order chi connectivity index (χ1) is 11.3.